The lowest BCUT2D eigenvalue weighted by atomic mass is 9.67. The van der Waals surface area contributed by atoms with Gasteiger partial charge >= 0.3 is 0 Å². The molecule has 0 saturated heterocycles. The molecule has 0 amide bonds. The average molecular weight is 575 g/mol. The Morgan fingerprint density at radius 2 is 0.978 bits per heavy atom. The number of hydrogen-bond acceptors (Lipinski definition) is 4. The van der Waals surface area contributed by atoms with Crippen molar-refractivity contribution in [3.05, 3.63) is 180 Å². The molecule has 1 aliphatic rings. The van der Waals surface area contributed by atoms with Crippen LogP contribution in [-0.4, -0.2) is 19.9 Å². The molecule has 0 bridgehead atoms. The van der Waals surface area contributed by atoms with Gasteiger partial charge in [-0.05, 0) is 57.6 Å². The van der Waals surface area contributed by atoms with Crippen molar-refractivity contribution in [3.8, 4) is 33.9 Å². The van der Waals surface area contributed by atoms with Gasteiger partial charge in [-0.25, -0.2) is 19.9 Å². The molecule has 0 radical (unpaired) electrons. The molecule has 4 nitrogen and oxygen atoms in total. The number of fused-ring (bicyclic) bond motifs is 6. The van der Waals surface area contributed by atoms with E-state index in [0.717, 1.165) is 38.8 Å². The number of hydrogen-bond donors (Lipinski definition) is 0. The Bertz CT molecular complexity index is 2330. The minimum Gasteiger partial charge on any atom is -0.245 e. The van der Waals surface area contributed by atoms with Crippen molar-refractivity contribution < 1.29 is 0 Å². The molecule has 1 aliphatic carbocycles. The van der Waals surface area contributed by atoms with Gasteiger partial charge < -0.3 is 0 Å². The molecule has 4 heteroatoms. The fourth-order valence-corrected chi connectivity index (χ4v) is 7.09. The maximum absolute atomic E-state index is 5.24. The molecule has 210 valence electrons. The van der Waals surface area contributed by atoms with Gasteiger partial charge in [0.25, 0.3) is 0 Å². The summed E-state index contributed by atoms with van der Waals surface area (Å²) in [6.07, 6.45) is 3.48. The summed E-state index contributed by atoms with van der Waals surface area (Å²) in [6.45, 7) is 0. The molecule has 3 heterocycles. The van der Waals surface area contributed by atoms with Gasteiger partial charge in [0, 0.05) is 28.7 Å². The summed E-state index contributed by atoms with van der Waals surface area (Å²) in [5.41, 5.74) is 11.6. The molecule has 0 saturated carbocycles. The van der Waals surface area contributed by atoms with Gasteiger partial charge in [0.15, 0.2) is 5.82 Å². The third kappa shape index (κ3) is 3.86. The number of rotatable bonds is 4. The van der Waals surface area contributed by atoms with Crippen LogP contribution in [0.3, 0.4) is 0 Å². The van der Waals surface area contributed by atoms with Crippen molar-refractivity contribution in [3.63, 3.8) is 0 Å². The fraction of sp³-hybridized carbons (Fsp3) is 0.0244. The molecule has 0 spiro atoms. The van der Waals surface area contributed by atoms with Crippen LogP contribution in [0.25, 0.3) is 55.7 Å². The first-order valence-electron chi connectivity index (χ1n) is 15.1. The zero-order valence-corrected chi connectivity index (χ0v) is 24.3. The molecule has 45 heavy (non-hydrogen) atoms. The smallest absolute Gasteiger partial charge is 0.178 e. The lowest BCUT2D eigenvalue weighted by Gasteiger charge is -2.33. The number of nitrogens with zero attached hydrogens (tertiary/aromatic N) is 4. The van der Waals surface area contributed by atoms with E-state index in [4.69, 9.17) is 9.97 Å². The third-order valence-corrected chi connectivity index (χ3v) is 9.07. The Morgan fingerprint density at radius 3 is 1.67 bits per heavy atom. The van der Waals surface area contributed by atoms with Crippen molar-refractivity contribution in [1.29, 1.82) is 0 Å². The quantitative estimate of drug-likeness (QED) is 0.197. The van der Waals surface area contributed by atoms with Crippen LogP contribution >= 0.6 is 0 Å². The lowest BCUT2D eigenvalue weighted by Crippen LogP contribution is -2.28. The summed E-state index contributed by atoms with van der Waals surface area (Å²) in [5.74, 6) is 0.602. The summed E-state index contributed by atoms with van der Waals surface area (Å²) in [4.78, 5) is 19.1. The maximum atomic E-state index is 5.24. The lowest BCUT2D eigenvalue weighted by molar-refractivity contribution is 0.768. The van der Waals surface area contributed by atoms with Crippen molar-refractivity contribution in [2.24, 2.45) is 0 Å². The van der Waals surface area contributed by atoms with E-state index in [-0.39, 0.29) is 0 Å². The van der Waals surface area contributed by atoms with E-state index in [1.165, 1.54) is 33.4 Å². The minimum absolute atomic E-state index is 0.417. The van der Waals surface area contributed by atoms with Crippen LogP contribution in [0.1, 0.15) is 22.3 Å². The average Bonchev–Trinajstić information content (AvgIpc) is 3.43. The van der Waals surface area contributed by atoms with E-state index in [1.54, 1.807) is 12.4 Å². The second-order valence-electron chi connectivity index (χ2n) is 11.5. The first-order chi connectivity index (χ1) is 22.3. The monoisotopic (exact) mass is 574 g/mol. The van der Waals surface area contributed by atoms with Crippen LogP contribution in [0.2, 0.25) is 0 Å². The second-order valence-corrected chi connectivity index (χ2v) is 11.5. The summed E-state index contributed by atoms with van der Waals surface area (Å²) in [6, 6.07) is 51.8. The molecule has 0 fully saturated rings. The summed E-state index contributed by atoms with van der Waals surface area (Å²) in [5, 5.41) is 2.08. The Kier molecular flexibility index (Phi) is 5.69. The highest BCUT2D eigenvalue weighted by Crippen LogP contribution is 2.56. The highest BCUT2D eigenvalue weighted by molar-refractivity contribution is 6.04. The molecule has 0 unspecified atom stereocenters. The van der Waals surface area contributed by atoms with Crippen LogP contribution < -0.4 is 0 Å². The van der Waals surface area contributed by atoms with Crippen LogP contribution in [0.4, 0.5) is 0 Å². The van der Waals surface area contributed by atoms with Crippen molar-refractivity contribution >= 4 is 21.8 Å². The largest absolute Gasteiger partial charge is 0.245 e. The van der Waals surface area contributed by atoms with E-state index in [1.807, 2.05) is 12.1 Å². The predicted molar refractivity (Wildman–Crippen MR) is 181 cm³/mol. The highest BCUT2D eigenvalue weighted by atomic mass is 14.9. The second kappa shape index (κ2) is 10.0. The van der Waals surface area contributed by atoms with Crippen LogP contribution in [-0.2, 0) is 5.41 Å². The molecule has 0 N–H and O–H groups in total. The zero-order chi connectivity index (χ0) is 29.8. The van der Waals surface area contributed by atoms with Gasteiger partial charge in [0.1, 0.15) is 5.69 Å². The normalized spacial score (nSPS) is 13.1. The van der Waals surface area contributed by atoms with Gasteiger partial charge in [-0.1, -0.05) is 121 Å². The number of benzene rings is 5. The molecule has 0 aliphatic heterocycles. The van der Waals surface area contributed by atoms with Gasteiger partial charge in [-0.3, -0.25) is 0 Å². The number of aromatic nitrogens is 4. The minimum atomic E-state index is -0.417. The van der Waals surface area contributed by atoms with E-state index in [9.17, 15) is 0 Å². The van der Waals surface area contributed by atoms with Gasteiger partial charge in [0.2, 0.25) is 0 Å². The van der Waals surface area contributed by atoms with E-state index in [0.29, 0.717) is 5.82 Å². The number of pyridine rings is 2. The first kappa shape index (κ1) is 25.5. The molecular formula is C41H26N4. The van der Waals surface area contributed by atoms with Crippen LogP contribution in [0, 0.1) is 0 Å². The van der Waals surface area contributed by atoms with Crippen molar-refractivity contribution in [1.82, 2.24) is 19.9 Å². The molecule has 5 aromatic carbocycles. The standard InChI is InChI=1S/C41H26N4/c1-3-10-30(11-4-1)41(31-12-5-2-6-13-31)34-15-8-7-14-32(34)33-26-29(18-21-35(33)41)36-22-19-27-16-17-28-20-23-37(40-42-24-9-25-43-40)45-39(28)38(27)44-36/h1-26H. The van der Waals surface area contributed by atoms with Gasteiger partial charge in [-0.15, -0.1) is 0 Å². The topological polar surface area (TPSA) is 51.6 Å². The summed E-state index contributed by atoms with van der Waals surface area (Å²) in [7, 11) is 0. The Labute approximate surface area is 260 Å². The Balaban J connectivity index is 1.26. The molecule has 0 atom stereocenters. The van der Waals surface area contributed by atoms with E-state index in [2.05, 4.69) is 143 Å². The van der Waals surface area contributed by atoms with E-state index >= 15 is 0 Å². The molecular weight excluding hydrogens is 548 g/mol. The predicted octanol–water partition coefficient (Wildman–Crippen LogP) is 9.27. The zero-order valence-electron chi connectivity index (χ0n) is 24.3. The van der Waals surface area contributed by atoms with E-state index < -0.39 is 5.41 Å². The Morgan fingerprint density at radius 1 is 0.422 bits per heavy atom. The molecule has 9 rings (SSSR count). The first-order valence-corrected chi connectivity index (χ1v) is 15.1. The van der Waals surface area contributed by atoms with Gasteiger partial charge in [0.05, 0.1) is 22.1 Å². The van der Waals surface area contributed by atoms with Crippen LogP contribution in [0.5, 0.6) is 0 Å². The van der Waals surface area contributed by atoms with Gasteiger partial charge in [-0.2, -0.15) is 0 Å². The molecule has 8 aromatic rings. The van der Waals surface area contributed by atoms with Crippen LogP contribution in [0.15, 0.2) is 158 Å². The summed E-state index contributed by atoms with van der Waals surface area (Å²) >= 11 is 0. The molecule has 3 aromatic heterocycles. The van der Waals surface area contributed by atoms with Crippen molar-refractivity contribution in [2.75, 3.05) is 0 Å². The SMILES string of the molecule is c1ccc(C2(c3ccccc3)c3ccccc3-c3cc(-c4ccc5ccc6ccc(-c7ncccn7)nc6c5n4)ccc32)cc1. The van der Waals surface area contributed by atoms with Crippen molar-refractivity contribution in [2.45, 2.75) is 5.41 Å². The summed E-state index contributed by atoms with van der Waals surface area (Å²) < 4.78 is 0. The Hall–Kier alpha value is -6.00. The highest BCUT2D eigenvalue weighted by Gasteiger charge is 2.45. The third-order valence-electron chi connectivity index (χ3n) is 9.07. The fourth-order valence-electron chi connectivity index (χ4n) is 7.09. The maximum Gasteiger partial charge on any atom is 0.178 e.